The van der Waals surface area contributed by atoms with Gasteiger partial charge in [0.2, 0.25) is 5.91 Å². The molecule has 0 aromatic carbocycles. The summed E-state index contributed by atoms with van der Waals surface area (Å²) in [6.07, 6.45) is 0.591. The van der Waals surface area contributed by atoms with Crippen molar-refractivity contribution in [2.45, 2.75) is 26.4 Å². The van der Waals surface area contributed by atoms with Gasteiger partial charge in [0.25, 0.3) is 6.43 Å². The van der Waals surface area contributed by atoms with Crippen LogP contribution in [-0.2, 0) is 17.9 Å². The lowest BCUT2D eigenvalue weighted by Gasteiger charge is -2.05. The van der Waals surface area contributed by atoms with Crippen LogP contribution in [0.5, 0.6) is 0 Å². The normalized spacial score (nSPS) is 10.9. The van der Waals surface area contributed by atoms with Gasteiger partial charge in [0.15, 0.2) is 0 Å². The summed E-state index contributed by atoms with van der Waals surface area (Å²) in [7, 11) is 0. The van der Waals surface area contributed by atoms with E-state index in [-0.39, 0.29) is 24.7 Å². The highest BCUT2D eigenvalue weighted by Gasteiger charge is 2.14. The number of carbonyl (C=O) groups excluding carboxylic acids is 1. The molecule has 2 aromatic rings. The average Bonchev–Trinajstić information content (AvgIpc) is 2.97. The zero-order valence-corrected chi connectivity index (χ0v) is 10.2. The highest BCUT2D eigenvalue weighted by Crippen LogP contribution is 2.17. The number of nitrogens with zero attached hydrogens (tertiary/aromatic N) is 3. The number of amides is 1. The van der Waals surface area contributed by atoms with E-state index in [2.05, 4.69) is 20.4 Å². The van der Waals surface area contributed by atoms with Crippen LogP contribution in [-0.4, -0.2) is 25.7 Å². The van der Waals surface area contributed by atoms with Crippen molar-refractivity contribution < 1.29 is 13.6 Å². The lowest BCUT2D eigenvalue weighted by atomic mass is 10.4. The molecule has 6 nitrogen and oxygen atoms in total. The molecular formula is C11H13F2N5O. The molecule has 0 atom stereocenters. The number of carbonyl (C=O) groups is 1. The van der Waals surface area contributed by atoms with E-state index in [1.165, 1.54) is 10.7 Å². The third kappa shape index (κ3) is 3.36. The maximum Gasteiger partial charge on any atom is 0.282 e. The maximum atomic E-state index is 12.4. The fourth-order valence-electron chi connectivity index (χ4n) is 1.57. The van der Waals surface area contributed by atoms with E-state index in [1.54, 1.807) is 19.3 Å². The molecule has 0 aliphatic carbocycles. The molecule has 0 bridgehead atoms. The van der Waals surface area contributed by atoms with Gasteiger partial charge in [-0.1, -0.05) is 0 Å². The van der Waals surface area contributed by atoms with E-state index in [0.717, 1.165) is 0 Å². The minimum absolute atomic E-state index is 0.0980. The number of imidazole rings is 1. The van der Waals surface area contributed by atoms with Crippen LogP contribution in [0, 0.1) is 6.92 Å². The number of aromatic nitrogens is 4. The molecule has 0 aliphatic heterocycles. The van der Waals surface area contributed by atoms with Crippen LogP contribution in [0.25, 0.3) is 0 Å². The molecule has 2 heterocycles. The molecule has 2 N–H and O–H groups in total. The van der Waals surface area contributed by atoms with Gasteiger partial charge in [-0.05, 0) is 13.0 Å². The van der Waals surface area contributed by atoms with Crippen molar-refractivity contribution in [3.05, 3.63) is 35.7 Å². The molecule has 0 radical (unpaired) electrons. The number of H-pyrrole nitrogens is 1. The van der Waals surface area contributed by atoms with Gasteiger partial charge in [-0.3, -0.25) is 9.48 Å². The predicted molar refractivity (Wildman–Crippen MR) is 62.4 cm³/mol. The standard InChI is InChI=1S/C11H13F2N5O/c1-7-4-8(11(12)13)17-18(7)6-10(19)16-5-9-14-2-3-15-9/h2-4,11H,5-6H2,1H3,(H,14,15)(H,16,19). The third-order valence-electron chi connectivity index (χ3n) is 2.52. The number of alkyl halides is 2. The monoisotopic (exact) mass is 269 g/mol. The molecule has 8 heteroatoms. The average molecular weight is 269 g/mol. The minimum atomic E-state index is -2.63. The summed E-state index contributed by atoms with van der Waals surface area (Å²) in [5.74, 6) is 0.308. The Labute approximate surface area is 107 Å². The molecule has 2 aromatic heterocycles. The van der Waals surface area contributed by atoms with E-state index >= 15 is 0 Å². The van der Waals surface area contributed by atoms with E-state index in [9.17, 15) is 13.6 Å². The molecule has 19 heavy (non-hydrogen) atoms. The van der Waals surface area contributed by atoms with Gasteiger partial charge in [0.1, 0.15) is 18.1 Å². The Morgan fingerprint density at radius 1 is 1.58 bits per heavy atom. The zero-order chi connectivity index (χ0) is 13.8. The molecule has 0 aliphatic rings. The van der Waals surface area contributed by atoms with Crippen LogP contribution in [0.3, 0.4) is 0 Å². The second-order valence-corrected chi connectivity index (χ2v) is 3.98. The predicted octanol–water partition coefficient (Wildman–Crippen LogP) is 1.17. The summed E-state index contributed by atoms with van der Waals surface area (Å²) < 4.78 is 26.1. The molecule has 0 spiro atoms. The third-order valence-corrected chi connectivity index (χ3v) is 2.52. The Kier molecular flexibility index (Phi) is 3.88. The number of aromatic amines is 1. The Bertz CT molecular complexity index is 549. The maximum absolute atomic E-state index is 12.4. The van der Waals surface area contributed by atoms with Gasteiger partial charge >= 0.3 is 0 Å². The van der Waals surface area contributed by atoms with Crippen LogP contribution in [0.2, 0.25) is 0 Å². The minimum Gasteiger partial charge on any atom is -0.347 e. The highest BCUT2D eigenvalue weighted by molar-refractivity contribution is 5.75. The van der Waals surface area contributed by atoms with Crippen LogP contribution in [0.1, 0.15) is 23.6 Å². The summed E-state index contributed by atoms with van der Waals surface area (Å²) in [5.41, 5.74) is 0.194. The summed E-state index contributed by atoms with van der Waals surface area (Å²) in [6.45, 7) is 1.78. The molecule has 1 amide bonds. The summed E-state index contributed by atoms with van der Waals surface area (Å²) in [4.78, 5) is 18.4. The number of hydrogen-bond donors (Lipinski definition) is 2. The number of nitrogens with one attached hydrogen (secondary N) is 2. The van der Waals surface area contributed by atoms with Gasteiger partial charge in [-0.2, -0.15) is 5.10 Å². The van der Waals surface area contributed by atoms with Crippen molar-refractivity contribution in [1.82, 2.24) is 25.1 Å². The number of halogens is 2. The van der Waals surface area contributed by atoms with Crippen molar-refractivity contribution in [1.29, 1.82) is 0 Å². The van der Waals surface area contributed by atoms with Gasteiger partial charge < -0.3 is 10.3 Å². The second-order valence-electron chi connectivity index (χ2n) is 3.98. The Morgan fingerprint density at radius 2 is 2.37 bits per heavy atom. The van der Waals surface area contributed by atoms with Crippen LogP contribution >= 0.6 is 0 Å². The van der Waals surface area contributed by atoms with Crippen LogP contribution in [0.15, 0.2) is 18.5 Å². The first-order valence-corrected chi connectivity index (χ1v) is 5.63. The van der Waals surface area contributed by atoms with Crippen molar-refractivity contribution in [2.75, 3.05) is 0 Å². The van der Waals surface area contributed by atoms with Crippen molar-refractivity contribution in [3.63, 3.8) is 0 Å². The van der Waals surface area contributed by atoms with Crippen molar-refractivity contribution in [3.8, 4) is 0 Å². The van der Waals surface area contributed by atoms with E-state index in [1.807, 2.05) is 0 Å². The Morgan fingerprint density at radius 3 is 2.95 bits per heavy atom. The first-order valence-electron chi connectivity index (χ1n) is 5.63. The molecule has 0 saturated carbocycles. The van der Waals surface area contributed by atoms with E-state index in [4.69, 9.17) is 0 Å². The number of rotatable bonds is 5. The van der Waals surface area contributed by atoms with Gasteiger partial charge in [0, 0.05) is 18.1 Å². The number of hydrogen-bond acceptors (Lipinski definition) is 3. The summed E-state index contributed by atoms with van der Waals surface area (Å²) in [5, 5.41) is 6.29. The smallest absolute Gasteiger partial charge is 0.282 e. The van der Waals surface area contributed by atoms with Crippen LogP contribution < -0.4 is 5.32 Å². The molecule has 0 unspecified atom stereocenters. The fraction of sp³-hybridized carbons (Fsp3) is 0.364. The van der Waals surface area contributed by atoms with Crippen LogP contribution in [0.4, 0.5) is 8.78 Å². The zero-order valence-electron chi connectivity index (χ0n) is 10.2. The van der Waals surface area contributed by atoms with Gasteiger partial charge in [0.05, 0.1) is 6.54 Å². The first kappa shape index (κ1) is 13.2. The largest absolute Gasteiger partial charge is 0.347 e. The molecule has 102 valence electrons. The highest BCUT2D eigenvalue weighted by atomic mass is 19.3. The molecule has 2 rings (SSSR count). The van der Waals surface area contributed by atoms with E-state index in [0.29, 0.717) is 11.5 Å². The Balaban J connectivity index is 1.91. The molecular weight excluding hydrogens is 256 g/mol. The molecule has 0 saturated heterocycles. The van der Waals surface area contributed by atoms with Gasteiger partial charge in [-0.15, -0.1) is 0 Å². The first-order chi connectivity index (χ1) is 9.06. The number of aryl methyl sites for hydroxylation is 1. The van der Waals surface area contributed by atoms with Gasteiger partial charge in [-0.25, -0.2) is 13.8 Å². The van der Waals surface area contributed by atoms with Crippen molar-refractivity contribution >= 4 is 5.91 Å². The Hall–Kier alpha value is -2.25. The lowest BCUT2D eigenvalue weighted by molar-refractivity contribution is -0.122. The van der Waals surface area contributed by atoms with Crippen molar-refractivity contribution in [2.24, 2.45) is 0 Å². The quantitative estimate of drug-likeness (QED) is 0.855. The summed E-state index contributed by atoms with van der Waals surface area (Å²) >= 11 is 0. The second kappa shape index (κ2) is 5.59. The van der Waals surface area contributed by atoms with E-state index < -0.39 is 6.43 Å². The fourth-order valence-corrected chi connectivity index (χ4v) is 1.57. The molecule has 0 fully saturated rings. The lowest BCUT2D eigenvalue weighted by Crippen LogP contribution is -2.28. The SMILES string of the molecule is Cc1cc(C(F)F)nn1CC(=O)NCc1ncc[nH]1. The summed E-state index contributed by atoms with van der Waals surface area (Å²) in [6, 6.07) is 1.27. The topological polar surface area (TPSA) is 75.6 Å².